The van der Waals surface area contributed by atoms with Gasteiger partial charge in [0.25, 0.3) is 0 Å². The van der Waals surface area contributed by atoms with Crippen molar-refractivity contribution in [3.8, 4) is 0 Å². The Kier molecular flexibility index (Phi) is 4.89. The molecule has 1 aliphatic rings. The highest BCUT2D eigenvalue weighted by atomic mass is 16.0. The summed E-state index contributed by atoms with van der Waals surface area (Å²) in [5.41, 5.74) is 4.59. The molecular formula is C18H21N7O2. The molecule has 1 fully saturated rings. The highest BCUT2D eigenvalue weighted by Crippen LogP contribution is 2.28. The number of benzene rings is 1. The molecule has 5 rings (SSSR count). The van der Waals surface area contributed by atoms with Crippen LogP contribution in [0.15, 0.2) is 36.8 Å². The molecule has 9 nitrogen and oxygen atoms in total. The van der Waals surface area contributed by atoms with Gasteiger partial charge in [-0.25, -0.2) is 4.98 Å². The lowest BCUT2D eigenvalue weighted by atomic mass is 10.1. The van der Waals surface area contributed by atoms with Crippen molar-refractivity contribution in [1.29, 1.82) is 0 Å². The SMILES string of the molecule is Cc1ccnc2ccc(Nc3nc(NC4CC4)c4[nH]cnc4n3)cc12.O.O. The zero-order valence-corrected chi connectivity index (χ0v) is 14.7. The van der Waals surface area contributed by atoms with E-state index in [0.29, 0.717) is 17.6 Å². The third-order valence-corrected chi connectivity index (χ3v) is 4.42. The number of H-pyrrole nitrogens is 1. The summed E-state index contributed by atoms with van der Waals surface area (Å²) in [6.45, 7) is 2.08. The lowest BCUT2D eigenvalue weighted by Gasteiger charge is -2.10. The second-order valence-electron chi connectivity index (χ2n) is 6.40. The van der Waals surface area contributed by atoms with Crippen LogP contribution in [0, 0.1) is 6.92 Å². The van der Waals surface area contributed by atoms with Crippen molar-refractivity contribution in [2.75, 3.05) is 10.6 Å². The van der Waals surface area contributed by atoms with Crippen LogP contribution in [0.3, 0.4) is 0 Å². The summed E-state index contributed by atoms with van der Waals surface area (Å²) in [6.07, 6.45) is 5.83. The van der Waals surface area contributed by atoms with Crippen LogP contribution in [-0.2, 0) is 0 Å². The van der Waals surface area contributed by atoms with Gasteiger partial charge in [0.05, 0.1) is 11.8 Å². The van der Waals surface area contributed by atoms with Crippen LogP contribution < -0.4 is 10.6 Å². The maximum atomic E-state index is 4.63. The number of imidazole rings is 1. The van der Waals surface area contributed by atoms with E-state index in [4.69, 9.17) is 0 Å². The second kappa shape index (κ2) is 7.14. The Balaban J connectivity index is 0.00000105. The minimum Gasteiger partial charge on any atom is -0.412 e. The molecule has 4 aromatic rings. The number of nitrogens with one attached hydrogen (secondary N) is 3. The van der Waals surface area contributed by atoms with Crippen LogP contribution in [0.5, 0.6) is 0 Å². The van der Waals surface area contributed by atoms with Crippen molar-refractivity contribution in [1.82, 2.24) is 24.9 Å². The molecule has 0 radical (unpaired) electrons. The largest absolute Gasteiger partial charge is 0.412 e. The van der Waals surface area contributed by atoms with E-state index in [1.165, 1.54) is 18.4 Å². The fourth-order valence-corrected chi connectivity index (χ4v) is 2.91. The predicted molar refractivity (Wildman–Crippen MR) is 105 cm³/mol. The Hall–Kier alpha value is -3.30. The fraction of sp³-hybridized carbons (Fsp3) is 0.222. The lowest BCUT2D eigenvalue weighted by molar-refractivity contribution is 0.823. The average Bonchev–Trinajstić information content (AvgIpc) is 3.29. The van der Waals surface area contributed by atoms with Crippen LogP contribution in [0.25, 0.3) is 22.1 Å². The number of aromatic nitrogens is 5. The van der Waals surface area contributed by atoms with Crippen LogP contribution in [-0.4, -0.2) is 41.9 Å². The molecule has 7 N–H and O–H groups in total. The number of nitrogens with zero attached hydrogens (tertiary/aromatic N) is 4. The summed E-state index contributed by atoms with van der Waals surface area (Å²) in [5, 5.41) is 7.85. The van der Waals surface area contributed by atoms with Crippen molar-refractivity contribution in [2.45, 2.75) is 25.8 Å². The van der Waals surface area contributed by atoms with E-state index in [-0.39, 0.29) is 11.0 Å². The number of rotatable bonds is 4. The average molecular weight is 367 g/mol. The molecular weight excluding hydrogens is 346 g/mol. The second-order valence-corrected chi connectivity index (χ2v) is 6.40. The Bertz CT molecular complexity index is 1090. The number of fused-ring (bicyclic) bond motifs is 2. The van der Waals surface area contributed by atoms with Crippen molar-refractivity contribution in [3.63, 3.8) is 0 Å². The molecule has 1 saturated carbocycles. The van der Waals surface area contributed by atoms with Crippen molar-refractivity contribution < 1.29 is 11.0 Å². The first-order valence-electron chi connectivity index (χ1n) is 8.36. The maximum Gasteiger partial charge on any atom is 0.231 e. The molecule has 3 aromatic heterocycles. The Morgan fingerprint density at radius 1 is 1.07 bits per heavy atom. The van der Waals surface area contributed by atoms with Gasteiger partial charge in [-0.1, -0.05) is 0 Å². The zero-order valence-electron chi connectivity index (χ0n) is 14.7. The number of anilines is 3. The van der Waals surface area contributed by atoms with Gasteiger partial charge in [0, 0.05) is 23.3 Å². The normalized spacial score (nSPS) is 13.1. The highest BCUT2D eigenvalue weighted by molar-refractivity contribution is 5.87. The van der Waals surface area contributed by atoms with E-state index in [1.807, 2.05) is 24.4 Å². The van der Waals surface area contributed by atoms with E-state index in [2.05, 4.69) is 48.5 Å². The monoisotopic (exact) mass is 367 g/mol. The van der Waals surface area contributed by atoms with Gasteiger partial charge >= 0.3 is 0 Å². The molecule has 27 heavy (non-hydrogen) atoms. The molecule has 0 atom stereocenters. The topological polar surface area (TPSA) is 154 Å². The molecule has 0 bridgehead atoms. The zero-order chi connectivity index (χ0) is 16.8. The third-order valence-electron chi connectivity index (χ3n) is 4.42. The molecule has 0 saturated heterocycles. The number of aromatic amines is 1. The van der Waals surface area contributed by atoms with E-state index in [9.17, 15) is 0 Å². The van der Waals surface area contributed by atoms with E-state index in [0.717, 1.165) is 27.9 Å². The third kappa shape index (κ3) is 3.50. The number of pyridine rings is 1. The number of aryl methyl sites for hydroxylation is 1. The maximum absolute atomic E-state index is 4.63. The molecule has 0 spiro atoms. The predicted octanol–water partition coefficient (Wildman–Crippen LogP) is 1.88. The molecule has 140 valence electrons. The van der Waals surface area contributed by atoms with Gasteiger partial charge in [-0.15, -0.1) is 0 Å². The van der Waals surface area contributed by atoms with Gasteiger partial charge in [-0.3, -0.25) is 4.98 Å². The quantitative estimate of drug-likeness (QED) is 0.500. The summed E-state index contributed by atoms with van der Waals surface area (Å²) in [4.78, 5) is 20.9. The van der Waals surface area contributed by atoms with Gasteiger partial charge in [0.15, 0.2) is 11.5 Å². The van der Waals surface area contributed by atoms with Gasteiger partial charge < -0.3 is 26.6 Å². The van der Waals surface area contributed by atoms with E-state index < -0.39 is 0 Å². The van der Waals surface area contributed by atoms with Crippen molar-refractivity contribution >= 4 is 39.5 Å². The fourth-order valence-electron chi connectivity index (χ4n) is 2.91. The number of hydrogen-bond donors (Lipinski definition) is 3. The van der Waals surface area contributed by atoms with Gasteiger partial charge in [0.2, 0.25) is 5.95 Å². The van der Waals surface area contributed by atoms with Gasteiger partial charge in [-0.2, -0.15) is 9.97 Å². The summed E-state index contributed by atoms with van der Waals surface area (Å²) < 4.78 is 0. The standard InChI is InChI=1S/C18H17N7.2H2O/c1-10-6-7-19-14-5-4-12(8-13(10)14)23-18-24-16-15(20-9-21-16)17(25-18)22-11-2-3-11;;/h4-9,11H,2-3H2,1H3,(H3,20,21,22,23,24,25);2*1H2. The minimum atomic E-state index is 0. The highest BCUT2D eigenvalue weighted by Gasteiger charge is 2.23. The molecule has 0 aliphatic heterocycles. The van der Waals surface area contributed by atoms with Crippen LogP contribution in [0.4, 0.5) is 17.5 Å². The van der Waals surface area contributed by atoms with Crippen LogP contribution in [0.2, 0.25) is 0 Å². The molecule has 3 heterocycles. The first-order chi connectivity index (χ1) is 12.3. The summed E-state index contributed by atoms with van der Waals surface area (Å²) in [6, 6.07) is 8.57. The Labute approximate surface area is 154 Å². The van der Waals surface area contributed by atoms with E-state index in [1.54, 1.807) is 6.33 Å². The van der Waals surface area contributed by atoms with Gasteiger partial charge in [-0.05, 0) is 49.6 Å². The number of hydrogen-bond acceptors (Lipinski definition) is 6. The lowest BCUT2D eigenvalue weighted by Crippen LogP contribution is -2.07. The summed E-state index contributed by atoms with van der Waals surface area (Å²) in [7, 11) is 0. The van der Waals surface area contributed by atoms with Gasteiger partial charge in [0.1, 0.15) is 5.52 Å². The van der Waals surface area contributed by atoms with Crippen molar-refractivity contribution in [2.24, 2.45) is 0 Å². The van der Waals surface area contributed by atoms with E-state index >= 15 is 0 Å². The molecule has 0 amide bonds. The summed E-state index contributed by atoms with van der Waals surface area (Å²) in [5.74, 6) is 1.33. The first kappa shape index (κ1) is 18.5. The van der Waals surface area contributed by atoms with Crippen LogP contribution in [0.1, 0.15) is 18.4 Å². The molecule has 9 heteroatoms. The Morgan fingerprint density at radius 3 is 2.74 bits per heavy atom. The molecule has 1 aromatic carbocycles. The van der Waals surface area contributed by atoms with Crippen LogP contribution >= 0.6 is 0 Å². The van der Waals surface area contributed by atoms with Crippen molar-refractivity contribution in [3.05, 3.63) is 42.4 Å². The molecule has 0 unspecified atom stereocenters. The summed E-state index contributed by atoms with van der Waals surface area (Å²) >= 11 is 0. The minimum absolute atomic E-state index is 0. The molecule has 1 aliphatic carbocycles. The first-order valence-corrected chi connectivity index (χ1v) is 8.36. The Morgan fingerprint density at radius 2 is 1.93 bits per heavy atom. The smallest absolute Gasteiger partial charge is 0.231 e.